The van der Waals surface area contributed by atoms with Crippen LogP contribution in [0.4, 0.5) is 4.79 Å². The Balaban J connectivity index is 2.72. The van der Waals surface area contributed by atoms with E-state index in [9.17, 15) is 4.79 Å². The third kappa shape index (κ3) is 1.96. The van der Waals surface area contributed by atoms with Crippen LogP contribution in [0.5, 0.6) is 0 Å². The number of aliphatic hydroxyl groups is 1. The lowest BCUT2D eigenvalue weighted by Gasteiger charge is -2.08. The van der Waals surface area contributed by atoms with E-state index in [1.807, 2.05) is 0 Å². The van der Waals surface area contributed by atoms with Crippen LogP contribution >= 0.6 is 0 Å². The Morgan fingerprint density at radius 2 is 2.33 bits per heavy atom. The maximum absolute atomic E-state index is 10.6. The highest BCUT2D eigenvalue weighted by atomic mass is 16.3. The summed E-state index contributed by atoms with van der Waals surface area (Å²) in [6.45, 7) is 3.63. The van der Waals surface area contributed by atoms with E-state index in [0.717, 1.165) is 0 Å². The second-order valence-electron chi connectivity index (χ2n) is 2.03. The van der Waals surface area contributed by atoms with Crippen LogP contribution in [0.15, 0.2) is 27.5 Å². The molecule has 0 aromatic heterocycles. The average Bonchev–Trinajstić information content (AvgIpc) is 2.07. The first-order chi connectivity index (χ1) is 5.74. The van der Waals surface area contributed by atoms with Crippen molar-refractivity contribution >= 4 is 11.9 Å². The van der Waals surface area contributed by atoms with Gasteiger partial charge in [0.25, 0.3) is 0 Å². The third-order valence-corrected chi connectivity index (χ3v) is 1.13. The summed E-state index contributed by atoms with van der Waals surface area (Å²) < 4.78 is 0. The monoisotopic (exact) mass is 168 g/mol. The van der Waals surface area contributed by atoms with E-state index >= 15 is 0 Å². The van der Waals surface area contributed by atoms with Crippen molar-refractivity contribution in [1.82, 2.24) is 5.32 Å². The van der Waals surface area contributed by atoms with Crippen LogP contribution < -0.4 is 5.32 Å². The minimum Gasteiger partial charge on any atom is -0.394 e. The molecule has 0 saturated heterocycles. The fourth-order valence-electron chi connectivity index (χ4n) is 0.644. The molecule has 2 N–H and O–H groups in total. The normalized spacial score (nSPS) is 19.9. The average molecular weight is 168 g/mol. The van der Waals surface area contributed by atoms with E-state index < -0.39 is 6.03 Å². The van der Waals surface area contributed by atoms with Gasteiger partial charge in [0.15, 0.2) is 5.84 Å². The zero-order chi connectivity index (χ0) is 8.97. The number of aliphatic hydroxyl groups excluding tert-OH is 1. The van der Waals surface area contributed by atoms with E-state index in [1.54, 1.807) is 0 Å². The number of urea groups is 1. The van der Waals surface area contributed by atoms with Gasteiger partial charge in [-0.1, -0.05) is 11.7 Å². The standard InChI is InChI=1S/C6H8N4O2/c1-4-5(7-2-3-11)8-6(12)10-9-4/h11H,1-3H2,(H,7,8,12). The van der Waals surface area contributed by atoms with Gasteiger partial charge in [-0.05, 0) is 0 Å². The SMILES string of the molecule is C=C1N=NC(=O)NC1=NCCO. The van der Waals surface area contributed by atoms with Crippen molar-refractivity contribution in [3.8, 4) is 0 Å². The molecule has 6 nitrogen and oxygen atoms in total. The number of amides is 2. The lowest BCUT2D eigenvalue weighted by Crippen LogP contribution is -2.32. The van der Waals surface area contributed by atoms with Gasteiger partial charge in [0.1, 0.15) is 5.70 Å². The summed E-state index contributed by atoms with van der Waals surface area (Å²) in [6, 6.07) is -0.570. The first kappa shape index (κ1) is 8.54. The van der Waals surface area contributed by atoms with E-state index in [0.29, 0.717) is 5.70 Å². The first-order valence-electron chi connectivity index (χ1n) is 3.31. The summed E-state index contributed by atoms with van der Waals surface area (Å²) in [6.07, 6.45) is 0. The Kier molecular flexibility index (Phi) is 2.65. The minimum atomic E-state index is -0.570. The molecule has 0 aromatic rings. The molecule has 0 atom stereocenters. The van der Waals surface area contributed by atoms with Crippen LogP contribution in [0, 0.1) is 0 Å². The van der Waals surface area contributed by atoms with Crippen LogP contribution in [0.2, 0.25) is 0 Å². The number of azo groups is 1. The van der Waals surface area contributed by atoms with Gasteiger partial charge in [0.05, 0.1) is 13.2 Å². The summed E-state index contributed by atoms with van der Waals surface area (Å²) in [5, 5.41) is 17.4. The largest absolute Gasteiger partial charge is 0.394 e. The van der Waals surface area contributed by atoms with Gasteiger partial charge in [-0.25, -0.2) is 4.79 Å². The smallest absolute Gasteiger partial charge is 0.365 e. The molecule has 64 valence electrons. The van der Waals surface area contributed by atoms with Crippen molar-refractivity contribution in [2.24, 2.45) is 15.2 Å². The van der Waals surface area contributed by atoms with Gasteiger partial charge in [0, 0.05) is 0 Å². The Labute approximate surface area is 68.7 Å². The molecule has 0 spiro atoms. The van der Waals surface area contributed by atoms with Crippen molar-refractivity contribution in [1.29, 1.82) is 0 Å². The number of hydrogen-bond acceptors (Lipinski definition) is 4. The maximum atomic E-state index is 10.6. The summed E-state index contributed by atoms with van der Waals surface area (Å²) >= 11 is 0. The van der Waals surface area contributed by atoms with Crippen molar-refractivity contribution in [3.63, 3.8) is 0 Å². The Bertz CT molecular complexity index is 269. The molecule has 0 aromatic carbocycles. The number of carbonyl (C=O) groups excluding carboxylic acids is 1. The van der Waals surface area contributed by atoms with Gasteiger partial charge in [-0.3, -0.25) is 10.3 Å². The van der Waals surface area contributed by atoms with Crippen LogP contribution in [0.25, 0.3) is 0 Å². The fraction of sp³-hybridized carbons (Fsp3) is 0.333. The molecule has 0 unspecified atom stereocenters. The molecule has 1 rings (SSSR count). The van der Waals surface area contributed by atoms with Crippen LogP contribution in [-0.4, -0.2) is 30.1 Å². The second kappa shape index (κ2) is 3.72. The number of hydrogen-bond donors (Lipinski definition) is 2. The molecule has 6 heteroatoms. The van der Waals surface area contributed by atoms with Crippen LogP contribution in [0.3, 0.4) is 0 Å². The van der Waals surface area contributed by atoms with Crippen LogP contribution in [-0.2, 0) is 0 Å². The van der Waals surface area contributed by atoms with Gasteiger partial charge in [-0.15, -0.1) is 5.11 Å². The number of rotatable bonds is 2. The number of nitrogens with zero attached hydrogens (tertiary/aromatic N) is 3. The van der Waals surface area contributed by atoms with E-state index in [4.69, 9.17) is 5.11 Å². The number of aliphatic imine (C=N–C) groups is 1. The summed E-state index contributed by atoms with van der Waals surface area (Å²) in [4.78, 5) is 14.4. The summed E-state index contributed by atoms with van der Waals surface area (Å²) in [7, 11) is 0. The maximum Gasteiger partial charge on any atom is 0.365 e. The van der Waals surface area contributed by atoms with Crippen molar-refractivity contribution in [2.45, 2.75) is 0 Å². The van der Waals surface area contributed by atoms with Gasteiger partial charge >= 0.3 is 6.03 Å². The first-order valence-corrected chi connectivity index (χ1v) is 3.31. The highest BCUT2D eigenvalue weighted by molar-refractivity contribution is 6.08. The fourth-order valence-corrected chi connectivity index (χ4v) is 0.644. The topological polar surface area (TPSA) is 86.4 Å². The molecule has 0 saturated carbocycles. The second-order valence-corrected chi connectivity index (χ2v) is 2.03. The zero-order valence-corrected chi connectivity index (χ0v) is 6.32. The van der Waals surface area contributed by atoms with Crippen molar-refractivity contribution in [2.75, 3.05) is 13.2 Å². The predicted molar refractivity (Wildman–Crippen MR) is 41.9 cm³/mol. The number of nitrogens with one attached hydrogen (secondary N) is 1. The highest BCUT2D eigenvalue weighted by Crippen LogP contribution is 2.02. The van der Waals surface area contributed by atoms with E-state index in [2.05, 4.69) is 27.1 Å². The van der Waals surface area contributed by atoms with E-state index in [-0.39, 0.29) is 19.0 Å². The van der Waals surface area contributed by atoms with Gasteiger partial charge < -0.3 is 5.11 Å². The lowest BCUT2D eigenvalue weighted by atomic mass is 10.4. The molecule has 12 heavy (non-hydrogen) atoms. The predicted octanol–water partition coefficient (Wildman–Crippen LogP) is 0.0663. The quantitative estimate of drug-likeness (QED) is 0.611. The Morgan fingerprint density at radius 1 is 1.58 bits per heavy atom. The Hall–Kier alpha value is -1.56. The lowest BCUT2D eigenvalue weighted by molar-refractivity contribution is 0.251. The molecule has 1 aliphatic heterocycles. The summed E-state index contributed by atoms with van der Waals surface area (Å²) in [5.74, 6) is 0.268. The van der Waals surface area contributed by atoms with Crippen molar-refractivity contribution < 1.29 is 9.90 Å². The third-order valence-electron chi connectivity index (χ3n) is 1.13. The molecule has 0 radical (unpaired) electrons. The highest BCUT2D eigenvalue weighted by Gasteiger charge is 2.13. The molecule has 0 aliphatic carbocycles. The van der Waals surface area contributed by atoms with Crippen molar-refractivity contribution in [3.05, 3.63) is 12.3 Å². The molecular formula is C6H8N4O2. The molecular weight excluding hydrogens is 160 g/mol. The van der Waals surface area contributed by atoms with E-state index in [1.165, 1.54) is 0 Å². The molecule has 1 aliphatic rings. The molecule has 1 heterocycles. The zero-order valence-electron chi connectivity index (χ0n) is 6.32. The van der Waals surface area contributed by atoms with Gasteiger partial charge in [-0.2, -0.15) is 0 Å². The summed E-state index contributed by atoms with van der Waals surface area (Å²) in [5.41, 5.74) is 0.294. The molecule has 0 bridgehead atoms. The number of amidine groups is 1. The molecule has 0 fully saturated rings. The van der Waals surface area contributed by atoms with Gasteiger partial charge in [0.2, 0.25) is 0 Å². The number of carbonyl (C=O) groups is 1. The van der Waals surface area contributed by atoms with Crippen LogP contribution in [0.1, 0.15) is 0 Å². The minimum absolute atomic E-state index is 0.0796. The Morgan fingerprint density at radius 3 is 3.00 bits per heavy atom. The molecule has 2 amide bonds.